The summed E-state index contributed by atoms with van der Waals surface area (Å²) in [6, 6.07) is 0. The Morgan fingerprint density at radius 2 is 1.74 bits per heavy atom. The summed E-state index contributed by atoms with van der Waals surface area (Å²) in [5, 5.41) is 3.53. The molecule has 2 aliphatic rings. The summed E-state index contributed by atoms with van der Waals surface area (Å²) in [7, 11) is 0. The van der Waals surface area contributed by atoms with Gasteiger partial charge in [0, 0.05) is 0 Å². The minimum atomic E-state index is 0.243. The molecule has 19 heavy (non-hydrogen) atoms. The molecular weight excluding hydrogens is 234 g/mol. The molecule has 112 valence electrons. The summed E-state index contributed by atoms with van der Waals surface area (Å²) in [6.45, 7) is 9.31. The lowest BCUT2D eigenvalue weighted by Gasteiger charge is -2.46. The van der Waals surface area contributed by atoms with Gasteiger partial charge in [-0.1, -0.05) is 20.8 Å². The topological polar surface area (TPSA) is 21.3 Å². The van der Waals surface area contributed by atoms with E-state index in [1.807, 2.05) is 0 Å². The molecule has 2 saturated carbocycles. The summed E-state index contributed by atoms with van der Waals surface area (Å²) in [6.07, 6.45) is 12.2. The molecule has 0 amide bonds. The average molecular weight is 267 g/mol. The highest BCUT2D eigenvalue weighted by molar-refractivity contribution is 4.92. The fourth-order valence-electron chi connectivity index (χ4n) is 3.46. The first-order valence-electron chi connectivity index (χ1n) is 8.44. The zero-order valence-corrected chi connectivity index (χ0v) is 13.3. The Balaban J connectivity index is 1.73. The summed E-state index contributed by atoms with van der Waals surface area (Å²) >= 11 is 0. The van der Waals surface area contributed by atoms with E-state index >= 15 is 0 Å². The zero-order valence-electron chi connectivity index (χ0n) is 13.3. The molecule has 0 aromatic heterocycles. The van der Waals surface area contributed by atoms with Gasteiger partial charge in [-0.25, -0.2) is 0 Å². The van der Waals surface area contributed by atoms with Crippen molar-refractivity contribution in [2.75, 3.05) is 13.1 Å². The van der Waals surface area contributed by atoms with Crippen LogP contribution in [0.1, 0.15) is 78.6 Å². The predicted molar refractivity (Wildman–Crippen MR) is 81.5 cm³/mol. The molecule has 2 nitrogen and oxygen atoms in total. The molecule has 0 atom stereocenters. The molecule has 0 radical (unpaired) electrons. The number of hydrogen-bond acceptors (Lipinski definition) is 2. The second-order valence-electron chi connectivity index (χ2n) is 7.52. The number of rotatable bonds is 7. The minimum Gasteiger partial charge on any atom is -0.372 e. The van der Waals surface area contributed by atoms with E-state index in [0.717, 1.165) is 13.1 Å². The van der Waals surface area contributed by atoms with Crippen LogP contribution >= 0.6 is 0 Å². The largest absolute Gasteiger partial charge is 0.372 e. The molecule has 0 aromatic rings. The van der Waals surface area contributed by atoms with Gasteiger partial charge in [-0.15, -0.1) is 0 Å². The van der Waals surface area contributed by atoms with Crippen LogP contribution in [-0.2, 0) is 4.74 Å². The monoisotopic (exact) mass is 267 g/mol. The van der Waals surface area contributed by atoms with Crippen LogP contribution in [0.4, 0.5) is 0 Å². The van der Waals surface area contributed by atoms with Crippen molar-refractivity contribution in [1.29, 1.82) is 0 Å². The number of ether oxygens (including phenoxy) is 1. The summed E-state index contributed by atoms with van der Waals surface area (Å²) in [5.74, 6) is 0. The van der Waals surface area contributed by atoms with Crippen molar-refractivity contribution in [2.45, 2.75) is 90.3 Å². The van der Waals surface area contributed by atoms with E-state index in [1.54, 1.807) is 0 Å². The van der Waals surface area contributed by atoms with Crippen LogP contribution in [0.15, 0.2) is 0 Å². The molecule has 2 rings (SSSR count). The fourth-order valence-corrected chi connectivity index (χ4v) is 3.46. The molecule has 2 fully saturated rings. The number of nitrogens with one attached hydrogen (secondary N) is 1. The lowest BCUT2D eigenvalue weighted by atomic mass is 9.74. The normalized spacial score (nSPS) is 26.1. The van der Waals surface area contributed by atoms with Crippen molar-refractivity contribution >= 4 is 0 Å². The van der Waals surface area contributed by atoms with Gasteiger partial charge in [0.2, 0.25) is 0 Å². The maximum Gasteiger partial charge on any atom is 0.0698 e. The molecule has 0 saturated heterocycles. The van der Waals surface area contributed by atoms with Crippen molar-refractivity contribution in [3.8, 4) is 0 Å². The van der Waals surface area contributed by atoms with Gasteiger partial charge in [-0.05, 0) is 76.3 Å². The Labute approximate surface area is 119 Å². The van der Waals surface area contributed by atoms with E-state index in [4.69, 9.17) is 4.74 Å². The van der Waals surface area contributed by atoms with Gasteiger partial charge in [0.15, 0.2) is 0 Å². The number of hydrogen-bond donors (Lipinski definition) is 1. The lowest BCUT2D eigenvalue weighted by Crippen LogP contribution is -2.46. The molecule has 1 N–H and O–H groups in total. The van der Waals surface area contributed by atoms with Crippen molar-refractivity contribution < 1.29 is 4.74 Å². The van der Waals surface area contributed by atoms with E-state index in [-0.39, 0.29) is 5.60 Å². The van der Waals surface area contributed by atoms with Crippen LogP contribution in [0.3, 0.4) is 0 Å². The Bertz CT molecular complexity index is 260. The smallest absolute Gasteiger partial charge is 0.0698 e. The lowest BCUT2D eigenvalue weighted by molar-refractivity contribution is -0.156. The molecular formula is C17H33NO. The molecule has 2 heteroatoms. The van der Waals surface area contributed by atoms with Gasteiger partial charge in [-0.3, -0.25) is 0 Å². The molecule has 0 heterocycles. The van der Waals surface area contributed by atoms with Crippen molar-refractivity contribution in [1.82, 2.24) is 5.32 Å². The van der Waals surface area contributed by atoms with Crippen molar-refractivity contribution in [2.24, 2.45) is 5.41 Å². The molecule has 0 unspecified atom stereocenters. The molecule has 0 aliphatic heterocycles. The van der Waals surface area contributed by atoms with Gasteiger partial charge >= 0.3 is 0 Å². The third kappa shape index (κ3) is 4.46. The average Bonchev–Trinajstić information content (AvgIpc) is 2.33. The van der Waals surface area contributed by atoms with Crippen LogP contribution in [0.25, 0.3) is 0 Å². The highest BCUT2D eigenvalue weighted by Gasteiger charge is 2.40. The standard InChI is InChI=1S/C17H33NO/c1-4-13-18-14-12-17(8-5-9-17)19-15-6-10-16(2,3)11-7-15/h15,18H,4-14H2,1-3H3. The molecule has 2 aliphatic carbocycles. The molecule has 0 aromatic carbocycles. The molecule has 0 spiro atoms. The maximum atomic E-state index is 6.55. The fraction of sp³-hybridized carbons (Fsp3) is 1.00. The van der Waals surface area contributed by atoms with E-state index in [9.17, 15) is 0 Å². The van der Waals surface area contributed by atoms with Gasteiger partial charge in [0.25, 0.3) is 0 Å². The first-order valence-corrected chi connectivity index (χ1v) is 8.44. The van der Waals surface area contributed by atoms with Crippen LogP contribution in [0.2, 0.25) is 0 Å². The van der Waals surface area contributed by atoms with Crippen molar-refractivity contribution in [3.63, 3.8) is 0 Å². The summed E-state index contributed by atoms with van der Waals surface area (Å²) < 4.78 is 6.55. The quantitative estimate of drug-likeness (QED) is 0.695. The van der Waals surface area contributed by atoms with Gasteiger partial charge in [-0.2, -0.15) is 0 Å². The highest BCUT2D eigenvalue weighted by Crippen LogP contribution is 2.43. The second kappa shape index (κ2) is 6.58. The minimum absolute atomic E-state index is 0.243. The summed E-state index contributed by atoms with van der Waals surface area (Å²) in [5.41, 5.74) is 0.794. The Kier molecular flexibility index (Phi) is 5.30. The van der Waals surface area contributed by atoms with Crippen LogP contribution < -0.4 is 5.32 Å². The maximum absolute atomic E-state index is 6.55. The molecule has 0 bridgehead atoms. The SMILES string of the molecule is CCCNCCC1(OC2CCC(C)(C)CC2)CCC1. The van der Waals surface area contributed by atoms with Crippen LogP contribution in [-0.4, -0.2) is 24.8 Å². The van der Waals surface area contributed by atoms with Gasteiger partial charge in [0.1, 0.15) is 0 Å². The van der Waals surface area contributed by atoms with E-state index in [1.165, 1.54) is 57.8 Å². The first kappa shape index (κ1) is 15.3. The van der Waals surface area contributed by atoms with Crippen LogP contribution in [0.5, 0.6) is 0 Å². The van der Waals surface area contributed by atoms with Crippen molar-refractivity contribution in [3.05, 3.63) is 0 Å². The Hall–Kier alpha value is -0.0800. The zero-order chi connectivity index (χ0) is 13.8. The van der Waals surface area contributed by atoms with E-state index < -0.39 is 0 Å². The van der Waals surface area contributed by atoms with Gasteiger partial charge in [0.05, 0.1) is 11.7 Å². The third-order valence-corrected chi connectivity index (χ3v) is 5.15. The predicted octanol–water partition coefficient (Wildman–Crippen LogP) is 4.28. The highest BCUT2D eigenvalue weighted by atomic mass is 16.5. The Morgan fingerprint density at radius 3 is 2.26 bits per heavy atom. The Morgan fingerprint density at radius 1 is 1.05 bits per heavy atom. The third-order valence-electron chi connectivity index (χ3n) is 5.15. The second-order valence-corrected chi connectivity index (χ2v) is 7.52. The first-order chi connectivity index (χ1) is 9.05. The van der Waals surface area contributed by atoms with E-state index in [2.05, 4.69) is 26.1 Å². The van der Waals surface area contributed by atoms with Gasteiger partial charge < -0.3 is 10.1 Å². The van der Waals surface area contributed by atoms with Crippen LogP contribution in [0, 0.1) is 5.41 Å². The summed E-state index contributed by atoms with van der Waals surface area (Å²) in [4.78, 5) is 0. The van der Waals surface area contributed by atoms with E-state index in [0.29, 0.717) is 11.5 Å².